The monoisotopic (exact) mass is 438 g/mol. The molecule has 0 atom stereocenters. The van der Waals surface area contributed by atoms with E-state index in [1.165, 1.54) is 6.21 Å². The number of benzene rings is 3. The number of halogens is 1. The van der Waals surface area contributed by atoms with E-state index in [0.717, 1.165) is 16.7 Å². The number of oxime groups is 1. The van der Waals surface area contributed by atoms with Crippen LogP contribution in [0.25, 0.3) is 0 Å². The van der Waals surface area contributed by atoms with Crippen molar-refractivity contribution >= 4 is 29.4 Å². The second-order valence-corrected chi connectivity index (χ2v) is 7.12. The zero-order chi connectivity index (χ0) is 22.1. The van der Waals surface area contributed by atoms with Crippen LogP contribution in [0.15, 0.2) is 71.9 Å². The van der Waals surface area contributed by atoms with Crippen molar-refractivity contribution in [2.45, 2.75) is 13.5 Å². The molecule has 0 heterocycles. The van der Waals surface area contributed by atoms with Crippen molar-refractivity contribution in [2.75, 3.05) is 19.0 Å². The van der Waals surface area contributed by atoms with Crippen molar-refractivity contribution < 1.29 is 19.1 Å². The Morgan fingerprint density at radius 2 is 1.84 bits per heavy atom. The fourth-order valence-electron chi connectivity index (χ4n) is 2.68. The van der Waals surface area contributed by atoms with Crippen molar-refractivity contribution in [3.63, 3.8) is 0 Å². The maximum Gasteiger partial charge on any atom is 0.265 e. The summed E-state index contributed by atoms with van der Waals surface area (Å²) in [6.45, 7) is 2.11. The van der Waals surface area contributed by atoms with E-state index in [2.05, 4.69) is 10.5 Å². The van der Waals surface area contributed by atoms with Gasteiger partial charge >= 0.3 is 0 Å². The summed E-state index contributed by atoms with van der Waals surface area (Å²) in [4.78, 5) is 17.0. The molecule has 0 saturated carbocycles. The van der Waals surface area contributed by atoms with Crippen molar-refractivity contribution in [2.24, 2.45) is 5.16 Å². The van der Waals surface area contributed by atoms with Crippen LogP contribution in [0.1, 0.15) is 16.7 Å². The molecule has 0 bridgehead atoms. The first-order valence-corrected chi connectivity index (χ1v) is 9.99. The number of methoxy groups -OCH3 is 1. The van der Waals surface area contributed by atoms with E-state index in [0.29, 0.717) is 28.8 Å². The second kappa shape index (κ2) is 11.0. The number of aryl methyl sites for hydroxylation is 1. The summed E-state index contributed by atoms with van der Waals surface area (Å²) in [5, 5.41) is 7.24. The van der Waals surface area contributed by atoms with Gasteiger partial charge in [-0.25, -0.2) is 0 Å². The number of nitrogens with zero attached hydrogens (tertiary/aromatic N) is 1. The molecule has 1 N–H and O–H groups in total. The molecule has 0 aromatic heterocycles. The first kappa shape index (κ1) is 22.2. The third kappa shape index (κ3) is 6.76. The minimum atomic E-state index is -0.290. The number of hydrogen-bond acceptors (Lipinski definition) is 5. The lowest BCUT2D eigenvalue weighted by Gasteiger charge is -2.12. The Morgan fingerprint density at radius 1 is 1.06 bits per heavy atom. The standard InChI is InChI=1S/C24H23ClN2O4/c1-17-7-10-20(11-8-17)27-24(28)16-31-26-14-18-9-12-22(23(13-18)29-2)30-15-19-5-3-4-6-21(19)25/h3-14H,15-16H2,1-2H3,(H,27,28)/b26-14+. The third-order valence-electron chi connectivity index (χ3n) is 4.34. The predicted molar refractivity (Wildman–Crippen MR) is 122 cm³/mol. The molecule has 3 aromatic rings. The predicted octanol–water partition coefficient (Wildman–Crippen LogP) is 5.23. The lowest BCUT2D eigenvalue weighted by molar-refractivity contribution is -0.120. The van der Waals surface area contributed by atoms with E-state index in [1.807, 2.05) is 61.5 Å². The smallest absolute Gasteiger partial charge is 0.265 e. The summed E-state index contributed by atoms with van der Waals surface area (Å²) < 4.78 is 11.2. The highest BCUT2D eigenvalue weighted by Gasteiger charge is 2.07. The lowest BCUT2D eigenvalue weighted by Crippen LogP contribution is -2.16. The molecular weight excluding hydrogens is 416 g/mol. The SMILES string of the molecule is COc1cc(/C=N/OCC(=O)Nc2ccc(C)cc2)ccc1OCc1ccccc1Cl. The van der Waals surface area contributed by atoms with Crippen LogP contribution in [0, 0.1) is 6.92 Å². The zero-order valence-electron chi connectivity index (χ0n) is 17.3. The van der Waals surface area contributed by atoms with E-state index in [4.69, 9.17) is 25.9 Å². The first-order chi connectivity index (χ1) is 15.0. The highest BCUT2D eigenvalue weighted by atomic mass is 35.5. The number of amides is 1. The number of rotatable bonds is 9. The fraction of sp³-hybridized carbons (Fsp3) is 0.167. The Labute approximate surface area is 186 Å². The molecule has 0 unspecified atom stereocenters. The number of anilines is 1. The molecule has 0 radical (unpaired) electrons. The van der Waals surface area contributed by atoms with Gasteiger partial charge in [0.2, 0.25) is 0 Å². The van der Waals surface area contributed by atoms with Crippen LogP contribution >= 0.6 is 11.6 Å². The van der Waals surface area contributed by atoms with E-state index >= 15 is 0 Å². The normalized spacial score (nSPS) is 10.7. The van der Waals surface area contributed by atoms with Crippen LogP contribution in [0.4, 0.5) is 5.69 Å². The Morgan fingerprint density at radius 3 is 2.58 bits per heavy atom. The van der Waals surface area contributed by atoms with Crippen LogP contribution in [0.3, 0.4) is 0 Å². The van der Waals surface area contributed by atoms with E-state index in [-0.39, 0.29) is 12.5 Å². The number of carbonyl (C=O) groups excluding carboxylic acids is 1. The molecule has 31 heavy (non-hydrogen) atoms. The quantitative estimate of drug-likeness (QED) is 0.367. The molecule has 160 valence electrons. The zero-order valence-corrected chi connectivity index (χ0v) is 18.1. The van der Waals surface area contributed by atoms with Crippen LogP contribution in [0.2, 0.25) is 5.02 Å². The van der Waals surface area contributed by atoms with Gasteiger partial charge in [0.1, 0.15) is 6.61 Å². The maximum atomic E-state index is 11.9. The summed E-state index contributed by atoms with van der Waals surface area (Å²) in [5.74, 6) is 0.841. The maximum absolute atomic E-state index is 11.9. The van der Waals surface area contributed by atoms with Crippen molar-refractivity contribution in [3.05, 3.63) is 88.4 Å². The van der Waals surface area contributed by atoms with Gasteiger partial charge in [0, 0.05) is 21.8 Å². The van der Waals surface area contributed by atoms with E-state index in [1.54, 1.807) is 19.2 Å². The molecular formula is C24H23ClN2O4. The minimum absolute atomic E-state index is 0.194. The van der Waals surface area contributed by atoms with Crippen LogP contribution in [-0.4, -0.2) is 25.8 Å². The van der Waals surface area contributed by atoms with Crippen LogP contribution in [0.5, 0.6) is 11.5 Å². The molecule has 7 heteroatoms. The largest absolute Gasteiger partial charge is 0.493 e. The van der Waals surface area contributed by atoms with Crippen LogP contribution in [-0.2, 0) is 16.2 Å². The summed E-state index contributed by atoms with van der Waals surface area (Å²) in [6.07, 6.45) is 1.50. The molecule has 0 aliphatic rings. The Kier molecular flexibility index (Phi) is 7.90. The van der Waals surface area contributed by atoms with Gasteiger partial charge in [0.05, 0.1) is 13.3 Å². The highest BCUT2D eigenvalue weighted by Crippen LogP contribution is 2.29. The Bertz CT molecular complexity index is 1050. The average Bonchev–Trinajstić information content (AvgIpc) is 2.78. The molecule has 3 aromatic carbocycles. The van der Waals surface area contributed by atoms with Crippen molar-refractivity contribution in [1.29, 1.82) is 0 Å². The van der Waals surface area contributed by atoms with E-state index in [9.17, 15) is 4.79 Å². The van der Waals surface area contributed by atoms with Gasteiger partial charge in [0.15, 0.2) is 18.1 Å². The Balaban J connectivity index is 1.51. The fourth-order valence-corrected chi connectivity index (χ4v) is 2.87. The second-order valence-electron chi connectivity index (χ2n) is 6.71. The van der Waals surface area contributed by atoms with Gasteiger partial charge in [-0.1, -0.05) is 52.7 Å². The highest BCUT2D eigenvalue weighted by molar-refractivity contribution is 6.31. The molecule has 0 fully saturated rings. The Hall–Kier alpha value is -3.51. The first-order valence-electron chi connectivity index (χ1n) is 9.61. The van der Waals surface area contributed by atoms with Crippen molar-refractivity contribution in [3.8, 4) is 11.5 Å². The number of carbonyl (C=O) groups is 1. The molecule has 0 saturated heterocycles. The van der Waals surface area contributed by atoms with Crippen LogP contribution < -0.4 is 14.8 Å². The van der Waals surface area contributed by atoms with Gasteiger partial charge in [-0.2, -0.15) is 0 Å². The summed E-state index contributed by atoms with van der Waals surface area (Å²) >= 11 is 6.16. The van der Waals surface area contributed by atoms with Gasteiger partial charge in [0.25, 0.3) is 5.91 Å². The molecule has 1 amide bonds. The summed E-state index contributed by atoms with van der Waals surface area (Å²) in [5.41, 5.74) is 3.45. The van der Waals surface area contributed by atoms with Gasteiger partial charge in [-0.3, -0.25) is 4.79 Å². The molecule has 0 spiro atoms. The van der Waals surface area contributed by atoms with Gasteiger partial charge < -0.3 is 19.6 Å². The third-order valence-corrected chi connectivity index (χ3v) is 4.70. The van der Waals surface area contributed by atoms with E-state index < -0.39 is 0 Å². The topological polar surface area (TPSA) is 69.2 Å². The molecule has 3 rings (SSSR count). The minimum Gasteiger partial charge on any atom is -0.493 e. The number of ether oxygens (including phenoxy) is 2. The lowest BCUT2D eigenvalue weighted by atomic mass is 10.2. The summed E-state index contributed by atoms with van der Waals surface area (Å²) in [7, 11) is 1.56. The van der Waals surface area contributed by atoms with Gasteiger partial charge in [-0.05, 0) is 43.3 Å². The average molecular weight is 439 g/mol. The molecule has 0 aliphatic carbocycles. The molecule has 0 aliphatic heterocycles. The number of nitrogens with one attached hydrogen (secondary N) is 1. The number of hydrogen-bond donors (Lipinski definition) is 1. The molecule has 6 nitrogen and oxygen atoms in total. The van der Waals surface area contributed by atoms with Gasteiger partial charge in [-0.15, -0.1) is 0 Å². The van der Waals surface area contributed by atoms with Crippen molar-refractivity contribution in [1.82, 2.24) is 0 Å². The summed E-state index contributed by atoms with van der Waals surface area (Å²) in [6, 6.07) is 20.4.